The van der Waals surface area contributed by atoms with Gasteiger partial charge in [-0.05, 0) is 36.4 Å². The molecule has 8 nitrogen and oxygen atoms in total. The molecule has 5 rings (SSSR count). The van der Waals surface area contributed by atoms with E-state index in [9.17, 15) is 19.2 Å². The van der Waals surface area contributed by atoms with Gasteiger partial charge in [0.05, 0.1) is 21.5 Å². The summed E-state index contributed by atoms with van der Waals surface area (Å²) >= 11 is 0. The molecule has 0 spiro atoms. The summed E-state index contributed by atoms with van der Waals surface area (Å²) in [6.07, 6.45) is 2.94. The van der Waals surface area contributed by atoms with E-state index in [-0.39, 0.29) is 33.2 Å². The molecule has 0 N–H and O–H groups in total. The van der Waals surface area contributed by atoms with Gasteiger partial charge in [-0.1, -0.05) is 12.1 Å². The zero-order valence-electron chi connectivity index (χ0n) is 14.2. The minimum Gasteiger partial charge on any atom is -0.268 e. The van der Waals surface area contributed by atoms with Crippen LogP contribution in [-0.2, 0) is 0 Å². The molecule has 8 heteroatoms. The Balaban J connectivity index is 1.89. The number of aromatic nitrogens is 4. The smallest absolute Gasteiger partial charge is 0.267 e. The second kappa shape index (κ2) is 5.65. The van der Waals surface area contributed by atoms with E-state index >= 15 is 0 Å². The van der Waals surface area contributed by atoms with Crippen molar-refractivity contribution in [3.63, 3.8) is 0 Å². The van der Waals surface area contributed by atoms with Crippen LogP contribution in [0.15, 0.2) is 80.1 Å². The molecule has 0 saturated carbocycles. The number of hydrogen-bond acceptors (Lipinski definition) is 6. The predicted octanol–water partition coefficient (Wildman–Crippen LogP) is 0.681. The SMILES string of the molecule is O=c1c2cc3c(=O)n(-c4ccccn4)c(=O)c3cc2c(=O)n1-c1ccccn1. The first-order valence-corrected chi connectivity index (χ1v) is 8.35. The van der Waals surface area contributed by atoms with Crippen LogP contribution in [0.5, 0.6) is 0 Å². The van der Waals surface area contributed by atoms with Crippen LogP contribution in [0.3, 0.4) is 0 Å². The summed E-state index contributed by atoms with van der Waals surface area (Å²) in [5, 5.41) is 0.272. The number of pyridine rings is 2. The van der Waals surface area contributed by atoms with E-state index in [1.807, 2.05) is 0 Å². The number of rotatable bonds is 2. The Morgan fingerprint density at radius 2 is 0.893 bits per heavy atom. The Morgan fingerprint density at radius 3 is 1.18 bits per heavy atom. The van der Waals surface area contributed by atoms with Crippen LogP contribution in [0.4, 0.5) is 0 Å². The minimum atomic E-state index is -0.585. The molecular weight excluding hydrogens is 360 g/mol. The average Bonchev–Trinajstić information content (AvgIpc) is 3.12. The zero-order valence-corrected chi connectivity index (χ0v) is 14.2. The van der Waals surface area contributed by atoms with Crippen molar-refractivity contribution in [2.24, 2.45) is 0 Å². The second-order valence-electron chi connectivity index (χ2n) is 6.21. The molecule has 0 bridgehead atoms. The maximum Gasteiger partial charge on any atom is 0.267 e. The quantitative estimate of drug-likeness (QED) is 0.453. The fourth-order valence-electron chi connectivity index (χ4n) is 3.36. The molecule has 1 aromatic carbocycles. The fraction of sp³-hybridized carbons (Fsp3) is 0. The van der Waals surface area contributed by atoms with E-state index in [0.29, 0.717) is 0 Å². The van der Waals surface area contributed by atoms with E-state index in [4.69, 9.17) is 0 Å². The molecule has 0 atom stereocenters. The molecule has 0 unspecified atom stereocenters. The lowest BCUT2D eigenvalue weighted by atomic mass is 10.1. The van der Waals surface area contributed by atoms with Crippen LogP contribution in [-0.4, -0.2) is 19.1 Å². The fourth-order valence-corrected chi connectivity index (χ4v) is 3.36. The molecule has 4 heterocycles. The van der Waals surface area contributed by atoms with Gasteiger partial charge in [0.2, 0.25) is 0 Å². The molecule has 0 saturated heterocycles. The zero-order chi connectivity index (χ0) is 19.4. The molecule has 4 aromatic heterocycles. The Kier molecular flexibility index (Phi) is 3.23. The van der Waals surface area contributed by atoms with E-state index in [0.717, 1.165) is 9.13 Å². The molecule has 5 aromatic rings. The third kappa shape index (κ3) is 2.05. The lowest BCUT2D eigenvalue weighted by molar-refractivity contribution is 0.937. The van der Waals surface area contributed by atoms with Crippen molar-refractivity contribution >= 4 is 21.5 Å². The maximum absolute atomic E-state index is 12.8. The van der Waals surface area contributed by atoms with Crippen molar-refractivity contribution in [3.05, 3.63) is 102 Å². The summed E-state index contributed by atoms with van der Waals surface area (Å²) in [5.74, 6) is 0.364. The lowest BCUT2D eigenvalue weighted by Gasteiger charge is -1.97. The molecule has 0 amide bonds. The molecule has 0 radical (unpaired) electrons. The molecule has 28 heavy (non-hydrogen) atoms. The van der Waals surface area contributed by atoms with Crippen molar-refractivity contribution in [1.82, 2.24) is 19.1 Å². The highest BCUT2D eigenvalue weighted by Crippen LogP contribution is 2.16. The van der Waals surface area contributed by atoms with Gasteiger partial charge in [-0.25, -0.2) is 19.1 Å². The monoisotopic (exact) mass is 370 g/mol. The summed E-state index contributed by atoms with van der Waals surface area (Å²) in [4.78, 5) is 59.2. The minimum absolute atomic E-state index is 0.0680. The first-order valence-electron chi connectivity index (χ1n) is 8.35. The summed E-state index contributed by atoms with van der Waals surface area (Å²) < 4.78 is 1.87. The molecule has 0 aliphatic rings. The Bertz CT molecular complexity index is 1380. The van der Waals surface area contributed by atoms with Crippen LogP contribution in [0.2, 0.25) is 0 Å². The van der Waals surface area contributed by atoms with Gasteiger partial charge in [-0.3, -0.25) is 19.2 Å². The molecular formula is C20H10N4O4. The van der Waals surface area contributed by atoms with Crippen LogP contribution in [0.25, 0.3) is 33.2 Å². The van der Waals surface area contributed by atoms with Gasteiger partial charge in [-0.15, -0.1) is 0 Å². The number of fused-ring (bicyclic) bond motifs is 2. The van der Waals surface area contributed by atoms with Crippen molar-refractivity contribution < 1.29 is 0 Å². The Hall–Kier alpha value is -4.20. The maximum atomic E-state index is 12.8. The summed E-state index contributed by atoms with van der Waals surface area (Å²) in [5.41, 5.74) is -2.34. The summed E-state index contributed by atoms with van der Waals surface area (Å²) in [7, 11) is 0. The standard InChI is InChI=1S/C20H10N4O4/c25-17-11-9-13-14(20(28)24(19(13)27)16-6-2-4-8-22-16)10-12(11)18(26)23(17)15-5-1-3-7-21-15/h1-10H. The van der Waals surface area contributed by atoms with E-state index in [2.05, 4.69) is 9.97 Å². The third-order valence-electron chi connectivity index (χ3n) is 4.65. The van der Waals surface area contributed by atoms with Gasteiger partial charge in [0, 0.05) is 12.4 Å². The van der Waals surface area contributed by atoms with Crippen LogP contribution >= 0.6 is 0 Å². The van der Waals surface area contributed by atoms with Crippen LogP contribution < -0.4 is 22.2 Å². The highest BCUT2D eigenvalue weighted by Gasteiger charge is 2.21. The first-order chi connectivity index (χ1) is 13.6. The highest BCUT2D eigenvalue weighted by molar-refractivity contribution is 5.98. The largest absolute Gasteiger partial charge is 0.268 e. The molecule has 0 aliphatic carbocycles. The van der Waals surface area contributed by atoms with Crippen LogP contribution in [0, 0.1) is 0 Å². The third-order valence-corrected chi connectivity index (χ3v) is 4.65. The number of nitrogens with zero attached hydrogens (tertiary/aromatic N) is 4. The molecule has 0 fully saturated rings. The molecule has 0 aliphatic heterocycles. The van der Waals surface area contributed by atoms with Gasteiger partial charge >= 0.3 is 0 Å². The van der Waals surface area contributed by atoms with Crippen molar-refractivity contribution in [2.45, 2.75) is 0 Å². The van der Waals surface area contributed by atoms with Gasteiger partial charge in [-0.2, -0.15) is 0 Å². The highest BCUT2D eigenvalue weighted by atomic mass is 16.2. The van der Waals surface area contributed by atoms with E-state index in [1.165, 1.54) is 36.7 Å². The van der Waals surface area contributed by atoms with Gasteiger partial charge < -0.3 is 0 Å². The summed E-state index contributed by atoms with van der Waals surface area (Å²) in [6.45, 7) is 0. The summed E-state index contributed by atoms with van der Waals surface area (Å²) in [6, 6.07) is 12.3. The Labute approximate surface area is 155 Å². The number of hydrogen-bond donors (Lipinski definition) is 0. The van der Waals surface area contributed by atoms with Gasteiger partial charge in [0.1, 0.15) is 11.6 Å². The van der Waals surface area contributed by atoms with Gasteiger partial charge in [0.25, 0.3) is 22.2 Å². The van der Waals surface area contributed by atoms with Crippen molar-refractivity contribution in [1.29, 1.82) is 0 Å². The normalized spacial score (nSPS) is 11.4. The van der Waals surface area contributed by atoms with Gasteiger partial charge in [0.15, 0.2) is 0 Å². The molecule has 134 valence electrons. The van der Waals surface area contributed by atoms with E-state index in [1.54, 1.807) is 24.3 Å². The Morgan fingerprint density at radius 1 is 0.536 bits per heavy atom. The lowest BCUT2D eigenvalue weighted by Crippen LogP contribution is -2.24. The van der Waals surface area contributed by atoms with Crippen LogP contribution in [0.1, 0.15) is 0 Å². The predicted molar refractivity (Wildman–Crippen MR) is 103 cm³/mol. The second-order valence-corrected chi connectivity index (χ2v) is 6.21. The van der Waals surface area contributed by atoms with Crippen molar-refractivity contribution in [2.75, 3.05) is 0 Å². The first kappa shape index (κ1) is 16.0. The van der Waals surface area contributed by atoms with Crippen molar-refractivity contribution in [3.8, 4) is 11.6 Å². The number of benzene rings is 1. The topological polar surface area (TPSA) is 104 Å². The van der Waals surface area contributed by atoms with E-state index < -0.39 is 22.2 Å². The average molecular weight is 370 g/mol.